The second-order valence-electron chi connectivity index (χ2n) is 5.40. The zero-order valence-corrected chi connectivity index (χ0v) is 11.5. The molecule has 1 aromatic rings. The van der Waals surface area contributed by atoms with Gasteiger partial charge in [-0.25, -0.2) is 0 Å². The fourth-order valence-corrected chi connectivity index (χ4v) is 2.38. The van der Waals surface area contributed by atoms with E-state index in [9.17, 15) is 10.2 Å². The lowest BCUT2D eigenvalue weighted by atomic mass is 9.91. The highest BCUT2D eigenvalue weighted by atomic mass is 16.5. The van der Waals surface area contributed by atoms with E-state index in [0.29, 0.717) is 32.8 Å². The Morgan fingerprint density at radius 3 is 2.63 bits per heavy atom. The Kier molecular flexibility index (Phi) is 4.93. The highest BCUT2D eigenvalue weighted by molar-refractivity contribution is 5.13. The lowest BCUT2D eigenvalue weighted by Crippen LogP contribution is -2.62. The van der Waals surface area contributed by atoms with E-state index < -0.39 is 11.7 Å². The molecule has 0 aromatic heterocycles. The van der Waals surface area contributed by atoms with Gasteiger partial charge in [0.25, 0.3) is 0 Å². The summed E-state index contributed by atoms with van der Waals surface area (Å²) in [6.07, 6.45) is 0.273. The standard InChI is InChI=1S/C15H23NO3/c1-2-15(18)11-16(12-15)8-14(17)10-19-9-13-6-4-3-5-7-13/h3-7,14,17-18H,2,8-12H2,1H3. The van der Waals surface area contributed by atoms with Gasteiger partial charge in [0.05, 0.1) is 24.9 Å². The molecule has 0 amide bonds. The SMILES string of the molecule is CCC1(O)CN(CC(O)COCc2ccccc2)C1. The monoisotopic (exact) mass is 265 g/mol. The number of β-amino-alcohol motifs (C(OH)–C–C–N with tert-alkyl or cyclic N) is 2. The lowest BCUT2D eigenvalue weighted by Gasteiger charge is -2.46. The summed E-state index contributed by atoms with van der Waals surface area (Å²) in [4.78, 5) is 2.06. The van der Waals surface area contributed by atoms with Gasteiger partial charge in [-0.3, -0.25) is 4.90 Å². The highest BCUT2D eigenvalue weighted by Gasteiger charge is 2.39. The summed E-state index contributed by atoms with van der Waals surface area (Å²) in [7, 11) is 0. The Morgan fingerprint density at radius 2 is 2.00 bits per heavy atom. The summed E-state index contributed by atoms with van der Waals surface area (Å²) < 4.78 is 5.49. The molecule has 2 rings (SSSR count). The van der Waals surface area contributed by atoms with Gasteiger partial charge in [-0.15, -0.1) is 0 Å². The maximum atomic E-state index is 9.87. The van der Waals surface area contributed by atoms with Crippen molar-refractivity contribution in [2.75, 3.05) is 26.2 Å². The van der Waals surface area contributed by atoms with Crippen molar-refractivity contribution in [3.63, 3.8) is 0 Å². The average Bonchev–Trinajstić information content (AvgIpc) is 2.38. The molecule has 1 aliphatic heterocycles. The first-order chi connectivity index (χ1) is 9.11. The van der Waals surface area contributed by atoms with E-state index in [0.717, 1.165) is 12.0 Å². The zero-order valence-electron chi connectivity index (χ0n) is 11.5. The first-order valence-electron chi connectivity index (χ1n) is 6.86. The summed E-state index contributed by atoms with van der Waals surface area (Å²) in [6, 6.07) is 9.92. The molecule has 4 heteroatoms. The van der Waals surface area contributed by atoms with Crippen LogP contribution in [0, 0.1) is 0 Å². The average molecular weight is 265 g/mol. The number of hydrogen-bond acceptors (Lipinski definition) is 4. The minimum Gasteiger partial charge on any atom is -0.389 e. The topological polar surface area (TPSA) is 52.9 Å². The van der Waals surface area contributed by atoms with Crippen molar-refractivity contribution in [2.24, 2.45) is 0 Å². The molecule has 1 saturated heterocycles. The van der Waals surface area contributed by atoms with Crippen molar-refractivity contribution in [3.05, 3.63) is 35.9 Å². The van der Waals surface area contributed by atoms with Gasteiger partial charge in [0.1, 0.15) is 0 Å². The number of likely N-dealkylation sites (tertiary alicyclic amines) is 1. The number of aliphatic hydroxyl groups is 2. The van der Waals surface area contributed by atoms with Crippen LogP contribution in [0.3, 0.4) is 0 Å². The Morgan fingerprint density at radius 1 is 1.32 bits per heavy atom. The second kappa shape index (κ2) is 6.48. The third-order valence-electron chi connectivity index (χ3n) is 3.58. The van der Waals surface area contributed by atoms with Crippen LogP contribution in [0.5, 0.6) is 0 Å². The van der Waals surface area contributed by atoms with E-state index in [1.165, 1.54) is 0 Å². The molecule has 0 aliphatic carbocycles. The van der Waals surface area contributed by atoms with E-state index in [4.69, 9.17) is 4.74 Å². The first kappa shape index (κ1) is 14.5. The van der Waals surface area contributed by atoms with Crippen LogP contribution in [0.4, 0.5) is 0 Å². The van der Waals surface area contributed by atoms with Gasteiger partial charge in [0.15, 0.2) is 0 Å². The van der Waals surface area contributed by atoms with E-state index >= 15 is 0 Å². The molecule has 2 N–H and O–H groups in total. The summed E-state index contributed by atoms with van der Waals surface area (Å²) >= 11 is 0. The maximum absolute atomic E-state index is 9.87. The quantitative estimate of drug-likeness (QED) is 0.773. The van der Waals surface area contributed by atoms with E-state index in [1.54, 1.807) is 0 Å². The number of benzene rings is 1. The maximum Gasteiger partial charge on any atom is 0.0900 e. The molecule has 1 fully saturated rings. The van der Waals surface area contributed by atoms with Crippen molar-refractivity contribution in [3.8, 4) is 0 Å². The molecule has 0 bridgehead atoms. The Bertz CT molecular complexity index is 376. The summed E-state index contributed by atoms with van der Waals surface area (Å²) in [5.41, 5.74) is 0.573. The highest BCUT2D eigenvalue weighted by Crippen LogP contribution is 2.23. The summed E-state index contributed by atoms with van der Waals surface area (Å²) in [6.45, 7) is 4.71. The van der Waals surface area contributed by atoms with Gasteiger partial charge < -0.3 is 14.9 Å². The van der Waals surface area contributed by atoms with Crippen LogP contribution >= 0.6 is 0 Å². The Balaban J connectivity index is 1.59. The van der Waals surface area contributed by atoms with E-state index in [2.05, 4.69) is 4.90 Å². The van der Waals surface area contributed by atoms with Crippen molar-refractivity contribution < 1.29 is 14.9 Å². The van der Waals surface area contributed by atoms with Crippen molar-refractivity contribution in [1.82, 2.24) is 4.90 Å². The van der Waals surface area contributed by atoms with Crippen LogP contribution in [0.25, 0.3) is 0 Å². The van der Waals surface area contributed by atoms with Gasteiger partial charge in [0.2, 0.25) is 0 Å². The smallest absolute Gasteiger partial charge is 0.0900 e. The largest absolute Gasteiger partial charge is 0.389 e. The minimum absolute atomic E-state index is 0.329. The van der Waals surface area contributed by atoms with Crippen molar-refractivity contribution in [2.45, 2.75) is 31.7 Å². The predicted octanol–water partition coefficient (Wildman–Crippen LogP) is 1.02. The molecule has 0 radical (unpaired) electrons. The van der Waals surface area contributed by atoms with Gasteiger partial charge in [-0.1, -0.05) is 37.3 Å². The number of rotatable bonds is 7. The molecule has 1 unspecified atom stereocenters. The Hall–Kier alpha value is -0.940. The van der Waals surface area contributed by atoms with Crippen molar-refractivity contribution in [1.29, 1.82) is 0 Å². The molecule has 1 aliphatic rings. The molecule has 4 nitrogen and oxygen atoms in total. The Labute approximate surface area is 114 Å². The molecule has 0 spiro atoms. The molecule has 1 atom stereocenters. The molecule has 1 heterocycles. The summed E-state index contributed by atoms with van der Waals surface area (Å²) in [5.74, 6) is 0. The van der Waals surface area contributed by atoms with Crippen LogP contribution in [0.15, 0.2) is 30.3 Å². The molecule has 106 valence electrons. The van der Waals surface area contributed by atoms with Crippen LogP contribution in [-0.4, -0.2) is 53.1 Å². The van der Waals surface area contributed by atoms with Gasteiger partial charge in [-0.2, -0.15) is 0 Å². The zero-order chi connectivity index (χ0) is 13.7. The normalized spacial score (nSPS) is 19.9. The van der Waals surface area contributed by atoms with Gasteiger partial charge >= 0.3 is 0 Å². The van der Waals surface area contributed by atoms with Crippen LogP contribution < -0.4 is 0 Å². The van der Waals surface area contributed by atoms with Gasteiger partial charge in [0, 0.05) is 19.6 Å². The van der Waals surface area contributed by atoms with E-state index in [-0.39, 0.29) is 0 Å². The number of hydrogen-bond donors (Lipinski definition) is 2. The second-order valence-corrected chi connectivity index (χ2v) is 5.40. The van der Waals surface area contributed by atoms with Crippen LogP contribution in [0.1, 0.15) is 18.9 Å². The van der Waals surface area contributed by atoms with Gasteiger partial charge in [-0.05, 0) is 12.0 Å². The van der Waals surface area contributed by atoms with Crippen LogP contribution in [-0.2, 0) is 11.3 Å². The first-order valence-corrected chi connectivity index (χ1v) is 6.86. The van der Waals surface area contributed by atoms with Crippen molar-refractivity contribution >= 4 is 0 Å². The molecular formula is C15H23NO3. The third kappa shape index (κ3) is 4.28. The number of ether oxygens (including phenoxy) is 1. The number of aliphatic hydroxyl groups excluding tert-OH is 1. The molecule has 0 saturated carbocycles. The van der Waals surface area contributed by atoms with Crippen LogP contribution in [0.2, 0.25) is 0 Å². The summed E-state index contributed by atoms with van der Waals surface area (Å²) in [5, 5.41) is 19.7. The molecule has 19 heavy (non-hydrogen) atoms. The number of nitrogens with zero attached hydrogens (tertiary/aromatic N) is 1. The third-order valence-corrected chi connectivity index (χ3v) is 3.58. The van der Waals surface area contributed by atoms with E-state index in [1.807, 2.05) is 37.3 Å². The molecule has 1 aromatic carbocycles. The fraction of sp³-hybridized carbons (Fsp3) is 0.600. The minimum atomic E-state index is -0.537. The predicted molar refractivity (Wildman–Crippen MR) is 73.8 cm³/mol. The fourth-order valence-electron chi connectivity index (χ4n) is 2.38. The molecular weight excluding hydrogens is 242 g/mol. The lowest BCUT2D eigenvalue weighted by molar-refractivity contribution is -0.115.